The fraction of sp³-hybridized carbons (Fsp3) is 0.500. The molecular formula is C10H12BrClN2. The van der Waals surface area contributed by atoms with Crippen LogP contribution in [0.5, 0.6) is 0 Å². The summed E-state index contributed by atoms with van der Waals surface area (Å²) in [6, 6.07) is 2.04. The molecule has 0 bridgehead atoms. The van der Waals surface area contributed by atoms with E-state index in [2.05, 4.69) is 25.8 Å². The van der Waals surface area contributed by atoms with Crippen LogP contribution in [0, 0.1) is 0 Å². The molecule has 4 heteroatoms. The average Bonchev–Trinajstić information content (AvgIpc) is 2.20. The molecule has 0 N–H and O–H groups in total. The number of nitrogens with zero attached hydrogens (tertiary/aromatic N) is 2. The van der Waals surface area contributed by atoms with Gasteiger partial charge in [-0.1, -0.05) is 0 Å². The molecule has 2 rings (SSSR count). The summed E-state index contributed by atoms with van der Waals surface area (Å²) in [7, 11) is 0. The molecule has 1 aliphatic heterocycles. The number of anilines is 1. The van der Waals surface area contributed by atoms with Crippen molar-refractivity contribution in [2.75, 3.05) is 18.0 Å². The number of hydrogen-bond donors (Lipinski definition) is 0. The van der Waals surface area contributed by atoms with E-state index in [4.69, 9.17) is 11.6 Å². The van der Waals surface area contributed by atoms with Gasteiger partial charge in [0.15, 0.2) is 0 Å². The lowest BCUT2D eigenvalue weighted by atomic mass is 10.1. The normalized spacial score (nSPS) is 18.6. The standard InChI is InChI=1S/C10H12BrClN2/c11-9-7-13-4-1-10(9)14-5-2-8(12)3-6-14/h1,4,7-8H,2-3,5-6H2. The number of rotatable bonds is 1. The molecule has 2 heterocycles. The van der Waals surface area contributed by atoms with Crippen LogP contribution < -0.4 is 4.90 Å². The van der Waals surface area contributed by atoms with E-state index in [0.29, 0.717) is 5.38 Å². The molecule has 1 aromatic heterocycles. The van der Waals surface area contributed by atoms with Gasteiger partial charge in [0.05, 0.1) is 10.2 Å². The largest absolute Gasteiger partial charge is 0.370 e. The van der Waals surface area contributed by atoms with Gasteiger partial charge in [0.2, 0.25) is 0 Å². The Morgan fingerprint density at radius 2 is 2.14 bits per heavy atom. The second-order valence-electron chi connectivity index (χ2n) is 3.49. The Balaban J connectivity index is 2.12. The highest BCUT2D eigenvalue weighted by atomic mass is 79.9. The van der Waals surface area contributed by atoms with Crippen molar-refractivity contribution in [2.45, 2.75) is 18.2 Å². The second-order valence-corrected chi connectivity index (χ2v) is 4.96. The molecule has 0 atom stereocenters. The van der Waals surface area contributed by atoms with E-state index < -0.39 is 0 Å². The van der Waals surface area contributed by atoms with Crippen LogP contribution in [-0.4, -0.2) is 23.5 Å². The van der Waals surface area contributed by atoms with Crippen LogP contribution in [0.4, 0.5) is 5.69 Å². The average molecular weight is 276 g/mol. The minimum absolute atomic E-state index is 0.354. The Kier molecular flexibility index (Phi) is 3.29. The van der Waals surface area contributed by atoms with Crippen LogP contribution in [-0.2, 0) is 0 Å². The Bertz CT molecular complexity index is 311. The molecule has 0 unspecified atom stereocenters. The first-order valence-corrected chi connectivity index (χ1v) is 5.99. The predicted molar refractivity (Wildman–Crippen MR) is 63.0 cm³/mol. The molecule has 0 aromatic carbocycles. The number of halogens is 2. The van der Waals surface area contributed by atoms with E-state index >= 15 is 0 Å². The lowest BCUT2D eigenvalue weighted by molar-refractivity contribution is 0.584. The number of aromatic nitrogens is 1. The summed E-state index contributed by atoms with van der Waals surface area (Å²) in [6.45, 7) is 2.08. The molecule has 76 valence electrons. The summed E-state index contributed by atoms with van der Waals surface area (Å²) in [5.74, 6) is 0. The van der Waals surface area contributed by atoms with Crippen LogP contribution in [0.3, 0.4) is 0 Å². The lowest BCUT2D eigenvalue weighted by Gasteiger charge is -2.31. The zero-order chi connectivity index (χ0) is 9.97. The van der Waals surface area contributed by atoms with Crippen LogP contribution >= 0.6 is 27.5 Å². The van der Waals surface area contributed by atoms with Crippen LogP contribution in [0.2, 0.25) is 0 Å². The van der Waals surface area contributed by atoms with Gasteiger partial charge < -0.3 is 4.90 Å². The summed E-state index contributed by atoms with van der Waals surface area (Å²) < 4.78 is 1.06. The van der Waals surface area contributed by atoms with Gasteiger partial charge in [0.1, 0.15) is 0 Å². The fourth-order valence-corrected chi connectivity index (χ4v) is 2.41. The van der Waals surface area contributed by atoms with E-state index in [1.54, 1.807) is 0 Å². The molecule has 1 saturated heterocycles. The predicted octanol–water partition coefficient (Wildman–Crippen LogP) is 3.05. The number of alkyl halides is 1. The SMILES string of the molecule is ClC1CCN(c2ccncc2Br)CC1. The molecule has 0 radical (unpaired) electrons. The van der Waals surface area contributed by atoms with Crippen LogP contribution in [0.1, 0.15) is 12.8 Å². The van der Waals surface area contributed by atoms with Gasteiger partial charge in [-0.15, -0.1) is 11.6 Å². The fourth-order valence-electron chi connectivity index (χ4n) is 1.71. The zero-order valence-electron chi connectivity index (χ0n) is 7.79. The van der Waals surface area contributed by atoms with Gasteiger partial charge in [-0.3, -0.25) is 4.98 Å². The van der Waals surface area contributed by atoms with E-state index in [1.165, 1.54) is 5.69 Å². The molecular weight excluding hydrogens is 263 g/mol. The van der Waals surface area contributed by atoms with Crippen molar-refractivity contribution in [3.05, 3.63) is 22.9 Å². The smallest absolute Gasteiger partial charge is 0.0592 e. The van der Waals surface area contributed by atoms with E-state index in [0.717, 1.165) is 30.4 Å². The Morgan fingerprint density at radius 1 is 1.43 bits per heavy atom. The van der Waals surface area contributed by atoms with Gasteiger partial charge in [-0.2, -0.15) is 0 Å². The number of hydrogen-bond acceptors (Lipinski definition) is 2. The maximum atomic E-state index is 6.06. The van der Waals surface area contributed by atoms with Crippen molar-refractivity contribution in [3.8, 4) is 0 Å². The highest BCUT2D eigenvalue weighted by molar-refractivity contribution is 9.10. The first kappa shape index (κ1) is 10.2. The van der Waals surface area contributed by atoms with Gasteiger partial charge in [0.25, 0.3) is 0 Å². The summed E-state index contributed by atoms with van der Waals surface area (Å²) in [6.07, 6.45) is 5.79. The number of pyridine rings is 1. The molecule has 0 spiro atoms. The van der Waals surface area contributed by atoms with Crippen molar-refractivity contribution in [1.29, 1.82) is 0 Å². The number of piperidine rings is 1. The van der Waals surface area contributed by atoms with E-state index in [1.807, 2.05) is 18.5 Å². The molecule has 2 nitrogen and oxygen atoms in total. The van der Waals surface area contributed by atoms with Crippen LogP contribution in [0.15, 0.2) is 22.9 Å². The summed E-state index contributed by atoms with van der Waals surface area (Å²) in [4.78, 5) is 6.41. The van der Waals surface area contributed by atoms with Crippen LogP contribution in [0.25, 0.3) is 0 Å². The Labute approximate surface area is 97.4 Å². The maximum Gasteiger partial charge on any atom is 0.0592 e. The summed E-state index contributed by atoms with van der Waals surface area (Å²) >= 11 is 9.57. The van der Waals surface area contributed by atoms with E-state index in [9.17, 15) is 0 Å². The third-order valence-electron chi connectivity index (χ3n) is 2.52. The zero-order valence-corrected chi connectivity index (χ0v) is 10.1. The summed E-state index contributed by atoms with van der Waals surface area (Å²) in [5, 5.41) is 0.354. The third-order valence-corrected chi connectivity index (χ3v) is 3.56. The first-order chi connectivity index (χ1) is 6.77. The minimum atomic E-state index is 0.354. The minimum Gasteiger partial charge on any atom is -0.370 e. The second kappa shape index (κ2) is 4.49. The molecule has 0 saturated carbocycles. The van der Waals surface area contributed by atoms with Crippen molar-refractivity contribution in [2.24, 2.45) is 0 Å². The highest BCUT2D eigenvalue weighted by Crippen LogP contribution is 2.28. The van der Waals surface area contributed by atoms with Gasteiger partial charge >= 0.3 is 0 Å². The highest BCUT2D eigenvalue weighted by Gasteiger charge is 2.18. The molecule has 0 amide bonds. The molecule has 14 heavy (non-hydrogen) atoms. The Hall–Kier alpha value is -0.280. The van der Waals surface area contributed by atoms with E-state index in [-0.39, 0.29) is 0 Å². The van der Waals surface area contributed by atoms with Crippen molar-refractivity contribution < 1.29 is 0 Å². The van der Waals surface area contributed by atoms with Gasteiger partial charge in [-0.25, -0.2) is 0 Å². The van der Waals surface area contributed by atoms with Crippen molar-refractivity contribution in [3.63, 3.8) is 0 Å². The molecule has 1 fully saturated rings. The molecule has 1 aliphatic rings. The Morgan fingerprint density at radius 3 is 2.79 bits per heavy atom. The monoisotopic (exact) mass is 274 g/mol. The van der Waals surface area contributed by atoms with Gasteiger partial charge in [-0.05, 0) is 34.8 Å². The molecule has 1 aromatic rings. The third kappa shape index (κ3) is 2.20. The van der Waals surface area contributed by atoms with Gasteiger partial charge in [0, 0.05) is 30.9 Å². The quantitative estimate of drug-likeness (QED) is 0.732. The first-order valence-electron chi connectivity index (χ1n) is 4.76. The van der Waals surface area contributed by atoms with Crippen molar-refractivity contribution in [1.82, 2.24) is 4.98 Å². The summed E-state index contributed by atoms with van der Waals surface area (Å²) in [5.41, 5.74) is 1.23. The lowest BCUT2D eigenvalue weighted by Crippen LogP contribution is -2.34. The molecule has 0 aliphatic carbocycles. The maximum absolute atomic E-state index is 6.06. The van der Waals surface area contributed by atoms with Crippen molar-refractivity contribution >= 4 is 33.2 Å². The topological polar surface area (TPSA) is 16.1 Å².